The second kappa shape index (κ2) is 8.20. The molecule has 0 aliphatic carbocycles. The van der Waals surface area contributed by atoms with Crippen LogP contribution in [0, 0.1) is 17.5 Å². The molecule has 0 aliphatic rings. The quantitative estimate of drug-likeness (QED) is 0.642. The van der Waals surface area contributed by atoms with Gasteiger partial charge in [-0.2, -0.15) is 5.10 Å². The fourth-order valence-electron chi connectivity index (χ4n) is 2.75. The number of benzene rings is 1. The Morgan fingerprint density at radius 2 is 1.96 bits per heavy atom. The van der Waals surface area contributed by atoms with Crippen molar-refractivity contribution in [1.82, 2.24) is 24.7 Å². The van der Waals surface area contributed by atoms with Crippen molar-refractivity contribution in [2.75, 3.05) is 0 Å². The number of nitrogens with zero attached hydrogens (tertiary/aromatic N) is 5. The zero-order chi connectivity index (χ0) is 18.9. The summed E-state index contributed by atoms with van der Waals surface area (Å²) >= 11 is 5.69. The first-order chi connectivity index (χ1) is 12.3. The van der Waals surface area contributed by atoms with Crippen LogP contribution in [0.15, 0.2) is 37.2 Å². The van der Waals surface area contributed by atoms with Crippen LogP contribution in [0.25, 0.3) is 0 Å². The molecule has 6 nitrogen and oxygen atoms in total. The molecule has 2 heterocycles. The molecule has 0 unspecified atom stereocenters. The van der Waals surface area contributed by atoms with E-state index in [1.165, 1.54) is 24.3 Å². The van der Waals surface area contributed by atoms with E-state index in [2.05, 4.69) is 20.1 Å². The molecule has 2 atom stereocenters. The summed E-state index contributed by atoms with van der Waals surface area (Å²) in [6.45, 7) is 1.17. The Balaban J connectivity index is 0.00000261. The zero-order valence-electron chi connectivity index (χ0n) is 13.9. The van der Waals surface area contributed by atoms with E-state index in [0.717, 1.165) is 18.5 Å². The normalized spacial score (nSPS) is 14.3. The van der Waals surface area contributed by atoms with Crippen molar-refractivity contribution in [2.45, 2.75) is 25.0 Å². The number of halogens is 5. The standard InChI is InChI=1S/C16H13ClF3N5O.ClH/c1-9(14-13(20)15(17)23-7-22-14)16(26,5-25-8-21-6-24-25)11-3-2-10(18)4-12(11)19;/h2-4,6-9,26H,5H2,1H3;1H/t9-,16-;/m1./s1. The topological polar surface area (TPSA) is 76.7 Å². The van der Waals surface area contributed by atoms with Gasteiger partial charge in [-0.3, -0.25) is 0 Å². The Labute approximate surface area is 163 Å². The molecule has 2 aromatic heterocycles. The van der Waals surface area contributed by atoms with Gasteiger partial charge < -0.3 is 5.11 Å². The molecular formula is C16H14Cl2F3N5O. The zero-order valence-corrected chi connectivity index (χ0v) is 15.4. The third-order valence-electron chi connectivity index (χ3n) is 4.17. The Kier molecular flexibility index (Phi) is 6.40. The number of aliphatic hydroxyl groups is 1. The first kappa shape index (κ1) is 21.1. The van der Waals surface area contributed by atoms with Crippen LogP contribution in [0.2, 0.25) is 5.15 Å². The van der Waals surface area contributed by atoms with E-state index < -0.39 is 34.1 Å². The maximum absolute atomic E-state index is 14.4. The largest absolute Gasteiger partial charge is 0.382 e. The van der Waals surface area contributed by atoms with Gasteiger partial charge in [0.1, 0.15) is 36.2 Å². The Hall–Kier alpha value is -2.23. The minimum Gasteiger partial charge on any atom is -0.382 e. The Morgan fingerprint density at radius 1 is 1.22 bits per heavy atom. The highest BCUT2D eigenvalue weighted by Crippen LogP contribution is 2.40. The van der Waals surface area contributed by atoms with Crippen LogP contribution < -0.4 is 0 Å². The monoisotopic (exact) mass is 419 g/mol. The van der Waals surface area contributed by atoms with Gasteiger partial charge in [-0.25, -0.2) is 32.8 Å². The van der Waals surface area contributed by atoms with Gasteiger partial charge in [0.15, 0.2) is 11.0 Å². The lowest BCUT2D eigenvalue weighted by Crippen LogP contribution is -2.39. The lowest BCUT2D eigenvalue weighted by atomic mass is 9.79. The average molecular weight is 420 g/mol. The van der Waals surface area contributed by atoms with E-state index in [4.69, 9.17) is 11.6 Å². The van der Waals surface area contributed by atoms with Crippen molar-refractivity contribution in [3.8, 4) is 0 Å². The van der Waals surface area contributed by atoms with Crippen molar-refractivity contribution < 1.29 is 18.3 Å². The van der Waals surface area contributed by atoms with Gasteiger partial charge in [-0.15, -0.1) is 12.4 Å². The van der Waals surface area contributed by atoms with Crippen LogP contribution in [-0.2, 0) is 12.1 Å². The van der Waals surface area contributed by atoms with Crippen molar-refractivity contribution in [3.63, 3.8) is 0 Å². The molecule has 144 valence electrons. The van der Waals surface area contributed by atoms with Crippen molar-refractivity contribution in [2.24, 2.45) is 0 Å². The number of hydrogen-bond acceptors (Lipinski definition) is 5. The van der Waals surface area contributed by atoms with Gasteiger partial charge >= 0.3 is 0 Å². The van der Waals surface area contributed by atoms with Crippen LogP contribution in [0.1, 0.15) is 24.1 Å². The molecule has 3 rings (SSSR count). The SMILES string of the molecule is C[C@H](c1ncnc(Cl)c1F)[C@](O)(Cn1cncn1)c1ccc(F)cc1F.Cl. The Morgan fingerprint density at radius 3 is 2.59 bits per heavy atom. The van der Waals surface area contributed by atoms with E-state index >= 15 is 0 Å². The third kappa shape index (κ3) is 4.05. The summed E-state index contributed by atoms with van der Waals surface area (Å²) in [7, 11) is 0. The first-order valence-electron chi connectivity index (χ1n) is 7.49. The van der Waals surface area contributed by atoms with E-state index in [1.807, 2.05) is 0 Å². The van der Waals surface area contributed by atoms with Crippen molar-refractivity contribution in [3.05, 3.63) is 71.0 Å². The maximum atomic E-state index is 14.4. The minimum absolute atomic E-state index is 0. The maximum Gasteiger partial charge on any atom is 0.182 e. The summed E-state index contributed by atoms with van der Waals surface area (Å²) in [6, 6.07) is 2.73. The second-order valence-corrected chi connectivity index (χ2v) is 6.08. The van der Waals surface area contributed by atoms with Gasteiger partial charge in [0.2, 0.25) is 0 Å². The smallest absolute Gasteiger partial charge is 0.182 e. The van der Waals surface area contributed by atoms with Gasteiger partial charge in [-0.05, 0) is 6.07 Å². The first-order valence-corrected chi connectivity index (χ1v) is 7.87. The summed E-state index contributed by atoms with van der Waals surface area (Å²) in [5.74, 6) is -3.80. The average Bonchev–Trinajstić information content (AvgIpc) is 3.09. The molecule has 0 bridgehead atoms. The lowest BCUT2D eigenvalue weighted by molar-refractivity contribution is -0.0133. The third-order valence-corrected chi connectivity index (χ3v) is 4.43. The number of rotatable bonds is 5. The molecule has 1 N–H and O–H groups in total. The molecule has 0 saturated carbocycles. The van der Waals surface area contributed by atoms with Crippen LogP contribution >= 0.6 is 24.0 Å². The number of hydrogen-bond donors (Lipinski definition) is 1. The molecule has 0 radical (unpaired) electrons. The lowest BCUT2D eigenvalue weighted by Gasteiger charge is -2.34. The minimum atomic E-state index is -2.02. The highest BCUT2D eigenvalue weighted by Gasteiger charge is 2.42. The fraction of sp³-hybridized carbons (Fsp3) is 0.250. The van der Waals surface area contributed by atoms with Gasteiger partial charge in [0.05, 0.1) is 12.2 Å². The fourth-order valence-corrected chi connectivity index (χ4v) is 2.89. The summed E-state index contributed by atoms with van der Waals surface area (Å²) in [5, 5.41) is 14.8. The molecule has 27 heavy (non-hydrogen) atoms. The number of aromatic nitrogens is 5. The van der Waals surface area contributed by atoms with Crippen LogP contribution in [-0.4, -0.2) is 29.8 Å². The van der Waals surface area contributed by atoms with Gasteiger partial charge in [0.25, 0.3) is 0 Å². The molecule has 11 heteroatoms. The molecule has 0 spiro atoms. The second-order valence-electron chi connectivity index (χ2n) is 5.73. The predicted octanol–water partition coefficient (Wildman–Crippen LogP) is 3.25. The highest BCUT2D eigenvalue weighted by molar-refractivity contribution is 6.29. The molecule has 0 aliphatic heterocycles. The summed E-state index contributed by atoms with van der Waals surface area (Å²) in [6.07, 6.45) is 3.57. The molecule has 0 amide bonds. The summed E-state index contributed by atoms with van der Waals surface area (Å²) in [5.41, 5.74) is -2.48. The van der Waals surface area contributed by atoms with Crippen LogP contribution in [0.5, 0.6) is 0 Å². The molecular weight excluding hydrogens is 406 g/mol. The predicted molar refractivity (Wildman–Crippen MR) is 92.9 cm³/mol. The molecule has 3 aromatic rings. The molecule has 0 fully saturated rings. The van der Waals surface area contributed by atoms with Crippen LogP contribution in [0.3, 0.4) is 0 Å². The summed E-state index contributed by atoms with van der Waals surface area (Å²) < 4.78 is 43.4. The van der Waals surface area contributed by atoms with Crippen LogP contribution in [0.4, 0.5) is 13.2 Å². The molecule has 1 aromatic carbocycles. The van der Waals surface area contributed by atoms with E-state index in [9.17, 15) is 18.3 Å². The van der Waals surface area contributed by atoms with E-state index in [0.29, 0.717) is 6.07 Å². The van der Waals surface area contributed by atoms with E-state index in [-0.39, 0.29) is 30.2 Å². The van der Waals surface area contributed by atoms with Gasteiger partial charge in [0, 0.05) is 17.5 Å². The molecule has 0 saturated heterocycles. The summed E-state index contributed by atoms with van der Waals surface area (Å²) in [4.78, 5) is 11.1. The van der Waals surface area contributed by atoms with Gasteiger partial charge in [-0.1, -0.05) is 24.6 Å². The van der Waals surface area contributed by atoms with Crippen molar-refractivity contribution >= 4 is 24.0 Å². The Bertz CT molecular complexity index is 928. The van der Waals surface area contributed by atoms with Crippen molar-refractivity contribution in [1.29, 1.82) is 0 Å². The highest BCUT2D eigenvalue weighted by atomic mass is 35.5. The van der Waals surface area contributed by atoms with E-state index in [1.54, 1.807) is 0 Å².